The van der Waals surface area contributed by atoms with Crippen LogP contribution in [-0.2, 0) is 4.74 Å². The first kappa shape index (κ1) is 9.86. The molecule has 2 nitrogen and oxygen atoms in total. The van der Waals surface area contributed by atoms with Crippen molar-refractivity contribution >= 4 is 23.0 Å². The standard InChI is InChI=1S/C9H9ClFNO/c1-5(13-2)6-3-9(12)7(10)4-8(6)11/h3-4H,1,12H2,2H3. The number of rotatable bonds is 2. The zero-order chi connectivity index (χ0) is 10.0. The smallest absolute Gasteiger partial charge is 0.135 e. The van der Waals surface area contributed by atoms with Gasteiger partial charge in [-0.1, -0.05) is 18.2 Å². The highest BCUT2D eigenvalue weighted by Gasteiger charge is 2.09. The summed E-state index contributed by atoms with van der Waals surface area (Å²) >= 11 is 5.60. The molecule has 70 valence electrons. The maximum Gasteiger partial charge on any atom is 0.135 e. The van der Waals surface area contributed by atoms with Crippen molar-refractivity contribution in [2.45, 2.75) is 0 Å². The molecular formula is C9H9ClFNO. The van der Waals surface area contributed by atoms with Gasteiger partial charge < -0.3 is 10.5 Å². The van der Waals surface area contributed by atoms with Crippen LogP contribution in [0, 0.1) is 5.82 Å². The summed E-state index contributed by atoms with van der Waals surface area (Å²) in [6.07, 6.45) is 0. The van der Waals surface area contributed by atoms with Gasteiger partial charge in [0, 0.05) is 0 Å². The molecule has 0 saturated carbocycles. The summed E-state index contributed by atoms with van der Waals surface area (Å²) in [6.45, 7) is 3.51. The summed E-state index contributed by atoms with van der Waals surface area (Å²) in [5.74, 6) is -0.271. The summed E-state index contributed by atoms with van der Waals surface area (Å²) in [5, 5.41) is 0.185. The van der Waals surface area contributed by atoms with Crippen LogP contribution < -0.4 is 5.73 Å². The van der Waals surface area contributed by atoms with Crippen LogP contribution in [0.3, 0.4) is 0 Å². The average molecular weight is 202 g/mol. The molecule has 0 atom stereocenters. The number of anilines is 1. The lowest BCUT2D eigenvalue weighted by atomic mass is 10.1. The predicted molar refractivity (Wildman–Crippen MR) is 51.9 cm³/mol. The SMILES string of the molecule is C=C(OC)c1cc(N)c(Cl)cc1F. The second-order valence-electron chi connectivity index (χ2n) is 2.48. The van der Waals surface area contributed by atoms with Gasteiger partial charge in [0.25, 0.3) is 0 Å². The van der Waals surface area contributed by atoms with Gasteiger partial charge in [0.1, 0.15) is 11.6 Å². The number of nitrogen functional groups attached to an aromatic ring is 1. The van der Waals surface area contributed by atoms with Crippen LogP contribution in [0.15, 0.2) is 18.7 Å². The fraction of sp³-hybridized carbons (Fsp3) is 0.111. The molecule has 0 aliphatic rings. The molecule has 0 aliphatic carbocycles. The summed E-state index contributed by atoms with van der Waals surface area (Å²) in [7, 11) is 1.41. The van der Waals surface area contributed by atoms with Crippen LogP contribution >= 0.6 is 11.6 Å². The summed E-state index contributed by atoms with van der Waals surface area (Å²) in [4.78, 5) is 0. The molecule has 0 fully saturated rings. The molecular weight excluding hydrogens is 193 g/mol. The normalized spacial score (nSPS) is 9.77. The third kappa shape index (κ3) is 1.92. The lowest BCUT2D eigenvalue weighted by Gasteiger charge is -2.07. The molecule has 1 aromatic rings. The minimum atomic E-state index is -0.494. The molecule has 0 saturated heterocycles. The van der Waals surface area contributed by atoms with Crippen LogP contribution in [0.5, 0.6) is 0 Å². The Balaban J connectivity index is 3.23. The Labute approximate surface area is 80.8 Å². The summed E-state index contributed by atoms with van der Waals surface area (Å²) < 4.78 is 18.0. The van der Waals surface area contributed by atoms with E-state index in [2.05, 4.69) is 6.58 Å². The van der Waals surface area contributed by atoms with Crippen molar-refractivity contribution < 1.29 is 9.13 Å². The number of nitrogens with two attached hydrogens (primary N) is 1. The highest BCUT2D eigenvalue weighted by molar-refractivity contribution is 6.33. The second kappa shape index (κ2) is 3.66. The topological polar surface area (TPSA) is 35.2 Å². The van der Waals surface area contributed by atoms with Crippen LogP contribution in [0.1, 0.15) is 5.56 Å². The zero-order valence-corrected chi connectivity index (χ0v) is 7.86. The average Bonchev–Trinajstić information content (AvgIpc) is 2.10. The minimum Gasteiger partial charge on any atom is -0.497 e. The number of hydrogen-bond acceptors (Lipinski definition) is 2. The number of ether oxygens (including phenoxy) is 1. The van der Waals surface area contributed by atoms with E-state index in [0.717, 1.165) is 6.07 Å². The van der Waals surface area contributed by atoms with E-state index in [4.69, 9.17) is 22.1 Å². The van der Waals surface area contributed by atoms with Gasteiger partial charge in [-0.2, -0.15) is 0 Å². The number of benzene rings is 1. The zero-order valence-electron chi connectivity index (χ0n) is 7.10. The quantitative estimate of drug-likeness (QED) is 0.590. The monoisotopic (exact) mass is 201 g/mol. The van der Waals surface area contributed by atoms with Crippen molar-refractivity contribution in [3.8, 4) is 0 Å². The molecule has 0 amide bonds. The molecule has 0 unspecified atom stereocenters. The fourth-order valence-corrected chi connectivity index (χ4v) is 1.04. The Kier molecular flexibility index (Phi) is 2.78. The van der Waals surface area contributed by atoms with Crippen molar-refractivity contribution in [2.75, 3.05) is 12.8 Å². The summed E-state index contributed by atoms with van der Waals surface area (Å²) in [6, 6.07) is 2.53. The molecule has 1 aromatic carbocycles. The Morgan fingerprint density at radius 3 is 2.77 bits per heavy atom. The van der Waals surface area contributed by atoms with Gasteiger partial charge in [0.2, 0.25) is 0 Å². The van der Waals surface area contributed by atoms with Crippen molar-refractivity contribution in [3.05, 3.63) is 35.1 Å². The molecule has 4 heteroatoms. The maximum absolute atomic E-state index is 13.2. The van der Waals surface area contributed by atoms with Crippen molar-refractivity contribution in [3.63, 3.8) is 0 Å². The number of hydrogen-bond donors (Lipinski definition) is 1. The van der Waals surface area contributed by atoms with Crippen molar-refractivity contribution in [1.29, 1.82) is 0 Å². The molecule has 0 heterocycles. The van der Waals surface area contributed by atoms with Gasteiger partial charge in [-0.15, -0.1) is 0 Å². The second-order valence-corrected chi connectivity index (χ2v) is 2.89. The van der Waals surface area contributed by atoms with E-state index in [1.54, 1.807) is 0 Å². The molecule has 0 bridgehead atoms. The minimum absolute atomic E-state index is 0.185. The molecule has 0 radical (unpaired) electrons. The van der Waals surface area contributed by atoms with Crippen LogP contribution in [0.25, 0.3) is 5.76 Å². The van der Waals surface area contributed by atoms with Crippen LogP contribution in [0.2, 0.25) is 5.02 Å². The van der Waals surface area contributed by atoms with Crippen molar-refractivity contribution in [1.82, 2.24) is 0 Å². The van der Waals surface area contributed by atoms with Gasteiger partial charge in [-0.25, -0.2) is 4.39 Å². The molecule has 13 heavy (non-hydrogen) atoms. The van der Waals surface area contributed by atoms with E-state index in [1.807, 2.05) is 0 Å². The third-order valence-corrected chi connectivity index (χ3v) is 1.96. The predicted octanol–water partition coefficient (Wildman–Crippen LogP) is 2.68. The van der Waals surface area contributed by atoms with Gasteiger partial charge in [-0.3, -0.25) is 0 Å². The Hall–Kier alpha value is -1.22. The molecule has 0 aliphatic heterocycles. The van der Waals surface area contributed by atoms with E-state index in [0.29, 0.717) is 5.69 Å². The molecule has 2 N–H and O–H groups in total. The first-order valence-corrected chi connectivity index (χ1v) is 3.92. The first-order chi connectivity index (χ1) is 6.06. The van der Waals surface area contributed by atoms with E-state index in [1.165, 1.54) is 13.2 Å². The van der Waals surface area contributed by atoms with E-state index >= 15 is 0 Å². The summed E-state index contributed by atoms with van der Waals surface area (Å²) in [5.41, 5.74) is 6.02. The third-order valence-electron chi connectivity index (χ3n) is 1.63. The van der Waals surface area contributed by atoms with Gasteiger partial charge in [-0.05, 0) is 12.1 Å². The lowest BCUT2D eigenvalue weighted by Crippen LogP contribution is -1.95. The van der Waals surface area contributed by atoms with E-state index in [-0.39, 0.29) is 16.3 Å². The van der Waals surface area contributed by atoms with Crippen LogP contribution in [0.4, 0.5) is 10.1 Å². The van der Waals surface area contributed by atoms with E-state index in [9.17, 15) is 4.39 Å². The fourth-order valence-electron chi connectivity index (χ4n) is 0.889. The largest absolute Gasteiger partial charge is 0.497 e. The van der Waals surface area contributed by atoms with Gasteiger partial charge in [0.05, 0.1) is 23.4 Å². The number of methoxy groups -OCH3 is 1. The Bertz CT molecular complexity index is 352. The maximum atomic E-state index is 13.2. The Morgan fingerprint density at radius 1 is 1.62 bits per heavy atom. The Morgan fingerprint density at radius 2 is 2.23 bits per heavy atom. The highest BCUT2D eigenvalue weighted by atomic mass is 35.5. The number of halogens is 2. The molecule has 0 spiro atoms. The van der Waals surface area contributed by atoms with E-state index < -0.39 is 5.82 Å². The molecule has 1 rings (SSSR count). The first-order valence-electron chi connectivity index (χ1n) is 3.54. The van der Waals surface area contributed by atoms with Gasteiger partial charge in [0.15, 0.2) is 0 Å². The molecule has 0 aromatic heterocycles. The van der Waals surface area contributed by atoms with Crippen LogP contribution in [-0.4, -0.2) is 7.11 Å². The van der Waals surface area contributed by atoms with Crippen molar-refractivity contribution in [2.24, 2.45) is 0 Å². The lowest BCUT2D eigenvalue weighted by molar-refractivity contribution is 0.368. The highest BCUT2D eigenvalue weighted by Crippen LogP contribution is 2.26. The van der Waals surface area contributed by atoms with Gasteiger partial charge >= 0.3 is 0 Å².